The summed E-state index contributed by atoms with van der Waals surface area (Å²) in [5, 5.41) is 5.35. The molecule has 1 aliphatic rings. The number of amides is 1. The number of rotatable bonds is 3. The largest absolute Gasteiger partial charge is 0.390 e. The monoisotopic (exact) mass is 260 g/mol. The molecule has 16 heavy (non-hydrogen) atoms. The zero-order chi connectivity index (χ0) is 11.3. The van der Waals surface area contributed by atoms with Gasteiger partial charge in [-0.2, -0.15) is 13.2 Å². The van der Waals surface area contributed by atoms with Gasteiger partial charge in [-0.1, -0.05) is 0 Å². The molecule has 96 valence electrons. The van der Waals surface area contributed by atoms with Crippen molar-refractivity contribution in [2.45, 2.75) is 25.4 Å². The number of alkyl halides is 3. The van der Waals surface area contributed by atoms with E-state index in [4.69, 9.17) is 0 Å². The SMILES string of the molecule is Cl.O=C(NCCC(F)(F)F)C1CCCNC1. The van der Waals surface area contributed by atoms with Crippen LogP contribution in [0.2, 0.25) is 0 Å². The van der Waals surface area contributed by atoms with Gasteiger partial charge in [0.15, 0.2) is 0 Å². The molecule has 2 N–H and O–H groups in total. The Kier molecular flexibility index (Phi) is 6.74. The molecule has 0 aromatic rings. The van der Waals surface area contributed by atoms with Crippen LogP contribution in [0, 0.1) is 5.92 Å². The lowest BCUT2D eigenvalue weighted by molar-refractivity contribution is -0.136. The van der Waals surface area contributed by atoms with E-state index in [1.165, 1.54) is 0 Å². The minimum Gasteiger partial charge on any atom is -0.355 e. The number of carbonyl (C=O) groups excluding carboxylic acids is 1. The molecule has 1 atom stereocenters. The summed E-state index contributed by atoms with van der Waals surface area (Å²) in [6, 6.07) is 0. The highest BCUT2D eigenvalue weighted by molar-refractivity contribution is 5.85. The van der Waals surface area contributed by atoms with E-state index in [9.17, 15) is 18.0 Å². The lowest BCUT2D eigenvalue weighted by atomic mass is 9.99. The Morgan fingerprint density at radius 3 is 2.62 bits per heavy atom. The second-order valence-electron chi connectivity index (χ2n) is 3.70. The van der Waals surface area contributed by atoms with Crippen molar-refractivity contribution >= 4 is 18.3 Å². The number of hydrogen-bond donors (Lipinski definition) is 2. The standard InChI is InChI=1S/C9H15F3N2O.ClH/c10-9(11,12)3-5-14-8(15)7-2-1-4-13-6-7;/h7,13H,1-6H2,(H,14,15);1H. The Labute approximate surface area is 98.6 Å². The van der Waals surface area contributed by atoms with Crippen molar-refractivity contribution in [3.63, 3.8) is 0 Å². The predicted octanol–water partition coefficient (Wildman–Crippen LogP) is 1.48. The second-order valence-corrected chi connectivity index (χ2v) is 3.70. The fourth-order valence-corrected chi connectivity index (χ4v) is 1.55. The van der Waals surface area contributed by atoms with Crippen molar-refractivity contribution in [1.82, 2.24) is 10.6 Å². The molecule has 3 nitrogen and oxygen atoms in total. The van der Waals surface area contributed by atoms with Gasteiger partial charge in [0, 0.05) is 13.1 Å². The first-order valence-electron chi connectivity index (χ1n) is 5.04. The fraction of sp³-hybridized carbons (Fsp3) is 0.889. The molecule has 0 aromatic heterocycles. The van der Waals surface area contributed by atoms with Crippen molar-refractivity contribution in [1.29, 1.82) is 0 Å². The average molecular weight is 261 g/mol. The first kappa shape index (κ1) is 15.5. The van der Waals surface area contributed by atoms with Crippen LogP contribution < -0.4 is 10.6 Å². The van der Waals surface area contributed by atoms with Crippen molar-refractivity contribution in [3.8, 4) is 0 Å². The van der Waals surface area contributed by atoms with E-state index in [1.54, 1.807) is 0 Å². The summed E-state index contributed by atoms with van der Waals surface area (Å²) in [5.74, 6) is -0.446. The van der Waals surface area contributed by atoms with Gasteiger partial charge in [0.05, 0.1) is 12.3 Å². The Morgan fingerprint density at radius 1 is 1.44 bits per heavy atom. The molecule has 1 amide bonds. The van der Waals surface area contributed by atoms with Gasteiger partial charge in [0.25, 0.3) is 0 Å². The van der Waals surface area contributed by atoms with Crippen LogP contribution in [0.4, 0.5) is 13.2 Å². The number of halogens is 4. The summed E-state index contributed by atoms with van der Waals surface area (Å²) in [5.41, 5.74) is 0. The molecule has 0 radical (unpaired) electrons. The van der Waals surface area contributed by atoms with Crippen LogP contribution >= 0.6 is 12.4 Å². The Balaban J connectivity index is 0.00000225. The molecule has 7 heteroatoms. The Morgan fingerprint density at radius 2 is 2.12 bits per heavy atom. The third kappa shape index (κ3) is 6.17. The van der Waals surface area contributed by atoms with Crippen LogP contribution in [-0.2, 0) is 4.79 Å². The maximum atomic E-state index is 11.8. The summed E-state index contributed by atoms with van der Waals surface area (Å²) < 4.78 is 35.4. The zero-order valence-electron chi connectivity index (χ0n) is 8.77. The predicted molar refractivity (Wildman–Crippen MR) is 56.5 cm³/mol. The van der Waals surface area contributed by atoms with E-state index in [2.05, 4.69) is 10.6 Å². The van der Waals surface area contributed by atoms with Crippen LogP contribution in [0.25, 0.3) is 0 Å². The molecule has 0 bridgehead atoms. The van der Waals surface area contributed by atoms with E-state index in [0.717, 1.165) is 19.4 Å². The molecular weight excluding hydrogens is 245 g/mol. The third-order valence-electron chi connectivity index (χ3n) is 2.38. The second kappa shape index (κ2) is 6.96. The molecule has 1 unspecified atom stereocenters. The molecule has 0 aromatic carbocycles. The van der Waals surface area contributed by atoms with E-state index in [-0.39, 0.29) is 30.8 Å². The van der Waals surface area contributed by atoms with Gasteiger partial charge in [-0.15, -0.1) is 12.4 Å². The van der Waals surface area contributed by atoms with Crippen LogP contribution in [0.1, 0.15) is 19.3 Å². The highest BCUT2D eigenvalue weighted by atomic mass is 35.5. The van der Waals surface area contributed by atoms with Crippen LogP contribution in [0.3, 0.4) is 0 Å². The molecule has 0 aliphatic carbocycles. The molecule has 1 aliphatic heterocycles. The highest BCUT2D eigenvalue weighted by Gasteiger charge is 2.27. The average Bonchev–Trinajstić information content (AvgIpc) is 2.17. The molecule has 1 fully saturated rings. The third-order valence-corrected chi connectivity index (χ3v) is 2.38. The minimum absolute atomic E-state index is 0. The van der Waals surface area contributed by atoms with E-state index < -0.39 is 12.6 Å². The summed E-state index contributed by atoms with van der Waals surface area (Å²) in [7, 11) is 0. The van der Waals surface area contributed by atoms with Gasteiger partial charge in [0.2, 0.25) is 5.91 Å². The van der Waals surface area contributed by atoms with E-state index >= 15 is 0 Å². The van der Waals surface area contributed by atoms with Gasteiger partial charge in [-0.25, -0.2) is 0 Å². The van der Waals surface area contributed by atoms with Crippen LogP contribution in [0.5, 0.6) is 0 Å². The van der Waals surface area contributed by atoms with Crippen molar-refractivity contribution in [2.75, 3.05) is 19.6 Å². The number of hydrogen-bond acceptors (Lipinski definition) is 2. The topological polar surface area (TPSA) is 41.1 Å². The highest BCUT2D eigenvalue weighted by Crippen LogP contribution is 2.18. The summed E-state index contributed by atoms with van der Waals surface area (Å²) in [6.07, 6.45) is -3.50. The molecule has 1 rings (SSSR count). The van der Waals surface area contributed by atoms with Crippen molar-refractivity contribution < 1.29 is 18.0 Å². The smallest absolute Gasteiger partial charge is 0.355 e. The number of piperidine rings is 1. The Bertz CT molecular complexity index is 217. The number of nitrogens with one attached hydrogen (secondary N) is 2. The normalized spacial score (nSPS) is 21.1. The summed E-state index contributed by atoms with van der Waals surface area (Å²) >= 11 is 0. The summed E-state index contributed by atoms with van der Waals surface area (Å²) in [6.45, 7) is 1.13. The van der Waals surface area contributed by atoms with Crippen LogP contribution in [0.15, 0.2) is 0 Å². The van der Waals surface area contributed by atoms with E-state index in [0.29, 0.717) is 6.54 Å². The van der Waals surface area contributed by atoms with Gasteiger partial charge < -0.3 is 10.6 Å². The van der Waals surface area contributed by atoms with Crippen LogP contribution in [-0.4, -0.2) is 31.7 Å². The van der Waals surface area contributed by atoms with Gasteiger partial charge in [0.1, 0.15) is 0 Å². The zero-order valence-corrected chi connectivity index (χ0v) is 9.59. The maximum Gasteiger partial charge on any atom is 0.390 e. The van der Waals surface area contributed by atoms with Gasteiger partial charge in [-0.3, -0.25) is 4.79 Å². The summed E-state index contributed by atoms with van der Waals surface area (Å²) in [4.78, 5) is 11.4. The lowest BCUT2D eigenvalue weighted by Crippen LogP contribution is -2.41. The quantitative estimate of drug-likeness (QED) is 0.807. The molecule has 0 saturated carbocycles. The van der Waals surface area contributed by atoms with Gasteiger partial charge >= 0.3 is 6.18 Å². The fourth-order valence-electron chi connectivity index (χ4n) is 1.55. The maximum absolute atomic E-state index is 11.8. The molecule has 1 saturated heterocycles. The van der Waals surface area contributed by atoms with Crippen molar-refractivity contribution in [3.05, 3.63) is 0 Å². The molecule has 0 spiro atoms. The minimum atomic E-state index is -4.20. The molecular formula is C9H16ClF3N2O. The number of carbonyl (C=O) groups is 1. The van der Waals surface area contributed by atoms with Gasteiger partial charge in [-0.05, 0) is 19.4 Å². The first-order chi connectivity index (χ1) is 6.99. The lowest BCUT2D eigenvalue weighted by Gasteiger charge is -2.21. The first-order valence-corrected chi connectivity index (χ1v) is 5.04. The van der Waals surface area contributed by atoms with E-state index in [1.807, 2.05) is 0 Å². The molecule has 1 heterocycles. The Hall–Kier alpha value is -0.490. The van der Waals surface area contributed by atoms with Crippen molar-refractivity contribution in [2.24, 2.45) is 5.92 Å².